The highest BCUT2D eigenvalue weighted by Crippen LogP contribution is 2.25. The van der Waals surface area contributed by atoms with Gasteiger partial charge in [0.25, 0.3) is 5.91 Å². The van der Waals surface area contributed by atoms with Gasteiger partial charge in [0.15, 0.2) is 11.6 Å². The molecule has 1 amide bonds. The molecule has 2 aromatic rings. The van der Waals surface area contributed by atoms with E-state index < -0.39 is 17.5 Å². The number of hydrogen-bond acceptors (Lipinski definition) is 3. The van der Waals surface area contributed by atoms with Gasteiger partial charge in [-0.2, -0.15) is 0 Å². The normalized spacial score (nSPS) is 10.2. The number of nitrogens with one attached hydrogen (secondary N) is 1. The Bertz CT molecular complexity index is 644. The van der Waals surface area contributed by atoms with Crippen LogP contribution in [0.2, 0.25) is 0 Å². The summed E-state index contributed by atoms with van der Waals surface area (Å²) in [7, 11) is 0. The second-order valence-corrected chi connectivity index (χ2v) is 3.90. The van der Waals surface area contributed by atoms with Crippen molar-refractivity contribution in [2.45, 2.75) is 0 Å². The monoisotopic (exact) mass is 263 g/mol. The van der Waals surface area contributed by atoms with Gasteiger partial charge in [-0.3, -0.25) is 4.79 Å². The highest BCUT2D eigenvalue weighted by molar-refractivity contribution is 6.00. The van der Waals surface area contributed by atoms with Gasteiger partial charge in [-0.05, 0) is 30.3 Å². The summed E-state index contributed by atoms with van der Waals surface area (Å²) >= 11 is 0. The maximum Gasteiger partial charge on any atom is 0.250 e. The van der Waals surface area contributed by atoms with E-state index in [1.54, 1.807) is 0 Å². The van der Waals surface area contributed by atoms with Crippen molar-refractivity contribution < 1.29 is 13.6 Å². The molecule has 4 nitrogen and oxygen atoms in total. The van der Waals surface area contributed by atoms with E-state index in [1.807, 2.05) is 0 Å². The number of benzene rings is 2. The number of anilines is 3. The number of rotatable bonds is 3. The van der Waals surface area contributed by atoms with E-state index in [0.717, 1.165) is 6.07 Å². The van der Waals surface area contributed by atoms with Crippen LogP contribution in [0.5, 0.6) is 0 Å². The van der Waals surface area contributed by atoms with Gasteiger partial charge in [0.2, 0.25) is 0 Å². The summed E-state index contributed by atoms with van der Waals surface area (Å²) in [5.74, 6) is -2.73. The number of carbonyl (C=O) groups is 1. The molecule has 0 atom stereocenters. The van der Waals surface area contributed by atoms with E-state index >= 15 is 0 Å². The number of halogens is 2. The van der Waals surface area contributed by atoms with E-state index in [-0.39, 0.29) is 16.9 Å². The number of nitrogen functional groups attached to an aromatic ring is 1. The summed E-state index contributed by atoms with van der Waals surface area (Å²) in [5.41, 5.74) is 11.4. The fourth-order valence-electron chi connectivity index (χ4n) is 1.62. The number of hydrogen-bond donors (Lipinski definition) is 3. The zero-order chi connectivity index (χ0) is 14.0. The number of nitrogens with two attached hydrogens (primary N) is 2. The quantitative estimate of drug-likeness (QED) is 0.744. The number of primary amides is 1. The van der Waals surface area contributed by atoms with E-state index in [4.69, 9.17) is 11.5 Å². The van der Waals surface area contributed by atoms with Gasteiger partial charge in [-0.25, -0.2) is 8.78 Å². The Morgan fingerprint density at radius 3 is 2.53 bits per heavy atom. The summed E-state index contributed by atoms with van der Waals surface area (Å²) in [6.45, 7) is 0. The lowest BCUT2D eigenvalue weighted by atomic mass is 10.1. The van der Waals surface area contributed by atoms with E-state index in [1.165, 1.54) is 30.3 Å². The number of carbonyl (C=O) groups excluding carboxylic acids is 1. The molecule has 0 heterocycles. The Morgan fingerprint density at radius 2 is 1.84 bits per heavy atom. The molecule has 0 spiro atoms. The van der Waals surface area contributed by atoms with Crippen molar-refractivity contribution in [3.05, 3.63) is 53.6 Å². The Balaban J connectivity index is 2.44. The Morgan fingerprint density at radius 1 is 1.11 bits per heavy atom. The maximum atomic E-state index is 13.5. The molecule has 0 saturated heterocycles. The summed E-state index contributed by atoms with van der Waals surface area (Å²) in [6.07, 6.45) is 0. The van der Waals surface area contributed by atoms with Crippen LogP contribution in [0.1, 0.15) is 10.4 Å². The van der Waals surface area contributed by atoms with E-state index in [2.05, 4.69) is 5.32 Å². The molecule has 19 heavy (non-hydrogen) atoms. The number of amides is 1. The zero-order valence-corrected chi connectivity index (χ0v) is 9.78. The van der Waals surface area contributed by atoms with Crippen molar-refractivity contribution in [1.82, 2.24) is 0 Å². The summed E-state index contributed by atoms with van der Waals surface area (Å²) in [4.78, 5) is 11.3. The van der Waals surface area contributed by atoms with Crippen LogP contribution in [0.4, 0.5) is 25.8 Å². The molecule has 0 aliphatic heterocycles. The van der Waals surface area contributed by atoms with Crippen molar-refractivity contribution in [3.63, 3.8) is 0 Å². The minimum absolute atomic E-state index is 0.0905. The molecule has 2 rings (SSSR count). The molecule has 0 aliphatic rings. The van der Waals surface area contributed by atoms with Crippen LogP contribution >= 0.6 is 0 Å². The molecule has 98 valence electrons. The summed E-state index contributed by atoms with van der Waals surface area (Å²) < 4.78 is 26.6. The summed E-state index contributed by atoms with van der Waals surface area (Å²) in [6, 6.07) is 8.05. The Hall–Kier alpha value is -2.63. The first-order valence-electron chi connectivity index (χ1n) is 5.39. The molecular formula is C13H11F2N3O. The predicted octanol–water partition coefficient (Wildman–Crippen LogP) is 2.39. The second kappa shape index (κ2) is 4.93. The third-order valence-corrected chi connectivity index (χ3v) is 2.53. The zero-order valence-electron chi connectivity index (χ0n) is 9.78. The highest BCUT2D eigenvalue weighted by Gasteiger charge is 2.12. The van der Waals surface area contributed by atoms with Gasteiger partial charge >= 0.3 is 0 Å². The Kier molecular flexibility index (Phi) is 3.33. The van der Waals surface area contributed by atoms with Crippen LogP contribution in [-0.4, -0.2) is 5.91 Å². The molecule has 0 radical (unpaired) electrons. The maximum absolute atomic E-state index is 13.5. The van der Waals surface area contributed by atoms with Crippen molar-refractivity contribution in [1.29, 1.82) is 0 Å². The SMILES string of the molecule is NC(=O)c1cc(N)ccc1Nc1cccc(F)c1F. The first kappa shape index (κ1) is 12.8. The molecular weight excluding hydrogens is 252 g/mol. The van der Waals surface area contributed by atoms with Gasteiger partial charge in [0, 0.05) is 5.69 Å². The third kappa shape index (κ3) is 2.62. The highest BCUT2D eigenvalue weighted by atomic mass is 19.2. The molecule has 0 aliphatic carbocycles. The minimum Gasteiger partial charge on any atom is -0.399 e. The lowest BCUT2D eigenvalue weighted by Crippen LogP contribution is -2.14. The lowest BCUT2D eigenvalue weighted by Gasteiger charge is -2.11. The largest absolute Gasteiger partial charge is 0.399 e. The summed E-state index contributed by atoms with van der Waals surface area (Å²) in [5, 5.41) is 2.62. The smallest absolute Gasteiger partial charge is 0.250 e. The van der Waals surface area contributed by atoms with Crippen LogP contribution < -0.4 is 16.8 Å². The van der Waals surface area contributed by atoms with Crippen LogP contribution in [-0.2, 0) is 0 Å². The van der Waals surface area contributed by atoms with E-state index in [9.17, 15) is 13.6 Å². The fraction of sp³-hybridized carbons (Fsp3) is 0. The van der Waals surface area contributed by atoms with Crippen LogP contribution in [0.25, 0.3) is 0 Å². The van der Waals surface area contributed by atoms with Crippen molar-refractivity contribution in [2.75, 3.05) is 11.1 Å². The van der Waals surface area contributed by atoms with Crippen molar-refractivity contribution >= 4 is 23.0 Å². The molecule has 5 N–H and O–H groups in total. The van der Waals surface area contributed by atoms with Crippen molar-refractivity contribution in [3.8, 4) is 0 Å². The van der Waals surface area contributed by atoms with Crippen LogP contribution in [0.15, 0.2) is 36.4 Å². The van der Waals surface area contributed by atoms with Gasteiger partial charge in [-0.1, -0.05) is 6.07 Å². The predicted molar refractivity (Wildman–Crippen MR) is 69.0 cm³/mol. The third-order valence-electron chi connectivity index (χ3n) is 2.53. The van der Waals surface area contributed by atoms with Gasteiger partial charge in [0.1, 0.15) is 0 Å². The van der Waals surface area contributed by atoms with Crippen molar-refractivity contribution in [2.24, 2.45) is 5.73 Å². The molecule has 2 aromatic carbocycles. The van der Waals surface area contributed by atoms with E-state index in [0.29, 0.717) is 5.69 Å². The second-order valence-electron chi connectivity index (χ2n) is 3.90. The lowest BCUT2D eigenvalue weighted by molar-refractivity contribution is 0.100. The molecule has 0 aromatic heterocycles. The standard InChI is InChI=1S/C13H11F2N3O/c14-9-2-1-3-11(12(9)15)18-10-5-4-7(16)6-8(10)13(17)19/h1-6,18H,16H2,(H2,17,19). The van der Waals surface area contributed by atoms with Gasteiger partial charge < -0.3 is 16.8 Å². The first-order chi connectivity index (χ1) is 8.99. The molecule has 0 saturated carbocycles. The average Bonchev–Trinajstić information content (AvgIpc) is 2.36. The Labute approximate surface area is 108 Å². The van der Waals surface area contributed by atoms with Gasteiger partial charge in [-0.15, -0.1) is 0 Å². The minimum atomic E-state index is -1.03. The van der Waals surface area contributed by atoms with Crippen LogP contribution in [0, 0.1) is 11.6 Å². The molecule has 0 bridgehead atoms. The average molecular weight is 263 g/mol. The first-order valence-corrected chi connectivity index (χ1v) is 5.39. The fourth-order valence-corrected chi connectivity index (χ4v) is 1.62. The van der Waals surface area contributed by atoms with Gasteiger partial charge in [0.05, 0.1) is 16.9 Å². The van der Waals surface area contributed by atoms with Crippen LogP contribution in [0.3, 0.4) is 0 Å². The molecule has 0 fully saturated rings. The molecule has 0 unspecified atom stereocenters. The topological polar surface area (TPSA) is 81.1 Å². The molecule has 6 heteroatoms.